The number of hydrogen-bond acceptors (Lipinski definition) is 4. The summed E-state index contributed by atoms with van der Waals surface area (Å²) >= 11 is 3.42. The molecule has 0 radical (unpaired) electrons. The summed E-state index contributed by atoms with van der Waals surface area (Å²) in [4.78, 5) is 23.0. The van der Waals surface area contributed by atoms with Gasteiger partial charge in [0.25, 0.3) is 0 Å². The van der Waals surface area contributed by atoms with Gasteiger partial charge in [-0.2, -0.15) is 5.10 Å². The lowest BCUT2D eigenvalue weighted by atomic mass is 10.1. The van der Waals surface area contributed by atoms with Crippen molar-refractivity contribution in [3.05, 3.63) is 93.5 Å². The summed E-state index contributed by atoms with van der Waals surface area (Å²) < 4.78 is 6.79. The molecule has 31 heavy (non-hydrogen) atoms. The number of urea groups is 1. The fourth-order valence-corrected chi connectivity index (χ4v) is 2.91. The van der Waals surface area contributed by atoms with Gasteiger partial charge in [-0.15, -0.1) is 0 Å². The van der Waals surface area contributed by atoms with Crippen molar-refractivity contribution in [3.8, 4) is 5.75 Å². The van der Waals surface area contributed by atoms with Crippen molar-refractivity contribution in [2.45, 2.75) is 13.5 Å². The van der Waals surface area contributed by atoms with Gasteiger partial charge in [0.2, 0.25) is 0 Å². The number of carbonyl (C=O) groups is 2. The number of nitrogens with one attached hydrogen (secondary N) is 2. The Balaban J connectivity index is 1.57. The third kappa shape index (κ3) is 6.42. The maximum Gasteiger partial charge on any atom is 0.339 e. The zero-order valence-electron chi connectivity index (χ0n) is 16.6. The van der Waals surface area contributed by atoms with Gasteiger partial charge >= 0.3 is 12.0 Å². The summed E-state index contributed by atoms with van der Waals surface area (Å²) in [5.41, 5.74) is 5.83. The number of para-hydroxylation sites is 1. The number of amides is 2. The van der Waals surface area contributed by atoms with E-state index in [0.29, 0.717) is 17.0 Å². The van der Waals surface area contributed by atoms with Gasteiger partial charge in [0.15, 0.2) is 0 Å². The summed E-state index contributed by atoms with van der Waals surface area (Å²) in [6, 6.07) is 18.8. The maximum atomic E-state index is 12.0. The van der Waals surface area contributed by atoms with Crippen molar-refractivity contribution in [3.63, 3.8) is 0 Å². The van der Waals surface area contributed by atoms with Crippen molar-refractivity contribution in [1.82, 2.24) is 5.43 Å². The van der Waals surface area contributed by atoms with Crippen LogP contribution in [0.25, 0.3) is 0 Å². The molecule has 3 N–H and O–H groups in total. The quantitative estimate of drug-likeness (QED) is 0.319. The second kappa shape index (κ2) is 10.4. The van der Waals surface area contributed by atoms with Crippen LogP contribution >= 0.6 is 15.9 Å². The normalized spacial score (nSPS) is 10.6. The molecule has 0 saturated heterocycles. The van der Waals surface area contributed by atoms with Gasteiger partial charge in [-0.3, -0.25) is 0 Å². The monoisotopic (exact) mass is 481 g/mol. The molecule has 0 unspecified atom stereocenters. The Morgan fingerprint density at radius 1 is 1.10 bits per heavy atom. The highest BCUT2D eigenvalue weighted by Gasteiger charge is 2.05. The number of anilines is 1. The first-order valence-corrected chi connectivity index (χ1v) is 10.1. The van der Waals surface area contributed by atoms with Crippen LogP contribution in [0.2, 0.25) is 0 Å². The lowest BCUT2D eigenvalue weighted by Gasteiger charge is -2.09. The molecule has 0 atom stereocenters. The van der Waals surface area contributed by atoms with Crippen LogP contribution in [0.3, 0.4) is 0 Å². The molecule has 158 valence electrons. The highest BCUT2D eigenvalue weighted by Crippen LogP contribution is 2.20. The Labute approximate surface area is 187 Å². The average molecular weight is 482 g/mol. The summed E-state index contributed by atoms with van der Waals surface area (Å²) in [6.45, 7) is 2.20. The summed E-state index contributed by atoms with van der Waals surface area (Å²) in [5, 5.41) is 15.7. The number of carbonyl (C=O) groups excluding carboxylic acids is 1. The minimum Gasteiger partial charge on any atom is -0.488 e. The topological polar surface area (TPSA) is 100 Å². The fourth-order valence-electron chi connectivity index (χ4n) is 2.67. The largest absolute Gasteiger partial charge is 0.488 e. The molecule has 0 bridgehead atoms. The van der Waals surface area contributed by atoms with E-state index in [0.717, 1.165) is 15.6 Å². The van der Waals surface area contributed by atoms with E-state index in [9.17, 15) is 9.59 Å². The summed E-state index contributed by atoms with van der Waals surface area (Å²) in [7, 11) is 0. The number of carboxylic acid groups (broad SMARTS) is 1. The molecular weight excluding hydrogens is 462 g/mol. The number of rotatable bonds is 7. The summed E-state index contributed by atoms with van der Waals surface area (Å²) in [6.07, 6.45) is 1.50. The second-order valence-electron chi connectivity index (χ2n) is 6.62. The van der Waals surface area contributed by atoms with E-state index in [-0.39, 0.29) is 12.2 Å². The first-order valence-electron chi connectivity index (χ1n) is 9.32. The van der Waals surface area contributed by atoms with Crippen molar-refractivity contribution in [2.75, 3.05) is 5.32 Å². The Bertz CT molecular complexity index is 1110. The minimum atomic E-state index is -0.971. The average Bonchev–Trinajstić information content (AvgIpc) is 2.76. The smallest absolute Gasteiger partial charge is 0.339 e. The number of hydrazone groups is 1. The molecule has 3 aromatic carbocycles. The number of aromatic carboxylic acids is 1. The van der Waals surface area contributed by atoms with E-state index in [1.165, 1.54) is 18.3 Å². The van der Waals surface area contributed by atoms with Crippen LogP contribution in [0.4, 0.5) is 10.5 Å². The highest BCUT2D eigenvalue weighted by molar-refractivity contribution is 9.10. The third-order valence-corrected chi connectivity index (χ3v) is 5.19. The summed E-state index contributed by atoms with van der Waals surface area (Å²) in [5.74, 6) is -0.389. The number of nitrogens with zero attached hydrogens (tertiary/aromatic N) is 1. The van der Waals surface area contributed by atoms with Crippen LogP contribution in [-0.4, -0.2) is 23.3 Å². The Kier molecular flexibility index (Phi) is 7.40. The molecule has 2 amide bonds. The van der Waals surface area contributed by atoms with Crippen LogP contribution in [0.15, 0.2) is 76.3 Å². The van der Waals surface area contributed by atoms with Crippen LogP contribution < -0.4 is 15.5 Å². The molecule has 3 aromatic rings. The predicted octanol–water partition coefficient (Wildman–Crippen LogP) is 5.19. The first-order chi connectivity index (χ1) is 14.9. The third-order valence-electron chi connectivity index (χ3n) is 4.30. The number of ether oxygens (including phenoxy) is 1. The molecule has 0 spiro atoms. The zero-order valence-corrected chi connectivity index (χ0v) is 18.2. The number of aryl methyl sites for hydroxylation is 1. The van der Waals surface area contributed by atoms with Crippen LogP contribution in [0.5, 0.6) is 5.75 Å². The highest BCUT2D eigenvalue weighted by atomic mass is 79.9. The molecule has 7 nitrogen and oxygen atoms in total. The molecule has 3 rings (SSSR count). The maximum absolute atomic E-state index is 12.0. The van der Waals surface area contributed by atoms with Crippen molar-refractivity contribution in [2.24, 2.45) is 5.10 Å². The number of carboxylic acids is 1. The molecule has 0 aliphatic heterocycles. The molecular formula is C23H20BrN3O4. The lowest BCUT2D eigenvalue weighted by molar-refractivity contribution is 0.0697. The van der Waals surface area contributed by atoms with Gasteiger partial charge in [-0.25, -0.2) is 15.0 Å². The van der Waals surface area contributed by atoms with Crippen molar-refractivity contribution < 1.29 is 19.4 Å². The number of benzene rings is 3. The zero-order chi connectivity index (χ0) is 22.2. The van der Waals surface area contributed by atoms with E-state index in [4.69, 9.17) is 9.84 Å². The first kappa shape index (κ1) is 22.0. The molecule has 0 aromatic heterocycles. The molecule has 0 saturated carbocycles. The Hall–Kier alpha value is -3.65. The van der Waals surface area contributed by atoms with E-state index in [1.54, 1.807) is 24.3 Å². The van der Waals surface area contributed by atoms with Gasteiger partial charge in [0.05, 0.1) is 11.8 Å². The van der Waals surface area contributed by atoms with Gasteiger partial charge in [0, 0.05) is 15.7 Å². The van der Waals surface area contributed by atoms with Gasteiger partial charge in [-0.05, 0) is 60.5 Å². The van der Waals surface area contributed by atoms with Crippen molar-refractivity contribution in [1.29, 1.82) is 0 Å². The number of hydrogen-bond donors (Lipinski definition) is 3. The fraction of sp³-hybridized carbons (Fsp3) is 0.0870. The van der Waals surface area contributed by atoms with Crippen LogP contribution in [-0.2, 0) is 6.61 Å². The number of halogens is 1. The standard InChI is InChI=1S/C23H20BrN3O4/c1-15-12-19(10-11-20(15)24)26-23(30)27-25-13-18-4-2-3-5-21(18)31-14-16-6-8-17(9-7-16)22(28)29/h2-13H,14H2,1H3,(H,28,29)(H2,26,27,30)/b25-13+. The van der Waals surface area contributed by atoms with Gasteiger partial charge in [0.1, 0.15) is 12.4 Å². The molecule has 0 aliphatic rings. The molecule has 0 heterocycles. The Morgan fingerprint density at radius 2 is 1.84 bits per heavy atom. The van der Waals surface area contributed by atoms with Crippen molar-refractivity contribution >= 4 is 39.8 Å². The molecule has 0 fully saturated rings. The molecule has 0 aliphatic carbocycles. The van der Waals surface area contributed by atoms with E-state index < -0.39 is 12.0 Å². The van der Waals surface area contributed by atoms with Crippen LogP contribution in [0.1, 0.15) is 27.0 Å². The van der Waals surface area contributed by atoms with E-state index in [2.05, 4.69) is 31.8 Å². The van der Waals surface area contributed by atoms with Gasteiger partial charge < -0.3 is 15.2 Å². The predicted molar refractivity (Wildman–Crippen MR) is 123 cm³/mol. The van der Waals surface area contributed by atoms with E-state index in [1.807, 2.05) is 37.3 Å². The SMILES string of the molecule is Cc1cc(NC(=O)N/N=C/c2ccccc2OCc2ccc(C(=O)O)cc2)ccc1Br. The molecule has 8 heteroatoms. The minimum absolute atomic E-state index is 0.221. The Morgan fingerprint density at radius 3 is 2.55 bits per heavy atom. The van der Waals surface area contributed by atoms with Gasteiger partial charge in [-0.1, -0.05) is 40.2 Å². The van der Waals surface area contributed by atoms with E-state index >= 15 is 0 Å². The second-order valence-corrected chi connectivity index (χ2v) is 7.47. The van der Waals surface area contributed by atoms with Crippen LogP contribution in [0, 0.1) is 6.92 Å². The lowest BCUT2D eigenvalue weighted by Crippen LogP contribution is -2.24.